The maximum absolute atomic E-state index is 12.3. The predicted octanol–water partition coefficient (Wildman–Crippen LogP) is 4.52. The molecule has 0 saturated carbocycles. The Kier molecular flexibility index (Phi) is 5.11. The Morgan fingerprint density at radius 3 is 2.58 bits per heavy atom. The van der Waals surface area contributed by atoms with Gasteiger partial charge in [-0.25, -0.2) is 0 Å². The van der Waals surface area contributed by atoms with Crippen molar-refractivity contribution in [2.24, 2.45) is 4.99 Å². The summed E-state index contributed by atoms with van der Waals surface area (Å²) in [6, 6.07) is 13.6. The number of aromatic nitrogens is 1. The van der Waals surface area contributed by atoms with Gasteiger partial charge in [0.1, 0.15) is 0 Å². The van der Waals surface area contributed by atoms with E-state index in [1.54, 1.807) is 23.5 Å². The second-order valence-electron chi connectivity index (χ2n) is 5.41. The average molecular weight is 340 g/mol. The summed E-state index contributed by atoms with van der Waals surface area (Å²) in [5, 5.41) is 0. The summed E-state index contributed by atoms with van der Waals surface area (Å²) in [6.07, 6.45) is 3.51. The number of amides is 1. The maximum Gasteiger partial charge on any atom is 0.315 e. The zero-order valence-electron chi connectivity index (χ0n) is 13.9. The third-order valence-electron chi connectivity index (χ3n) is 3.75. The van der Waals surface area contributed by atoms with Crippen molar-refractivity contribution in [2.75, 3.05) is 0 Å². The fourth-order valence-electron chi connectivity index (χ4n) is 2.69. The van der Waals surface area contributed by atoms with Crippen molar-refractivity contribution in [2.45, 2.75) is 33.2 Å². The van der Waals surface area contributed by atoms with Crippen LogP contribution in [0.3, 0.4) is 0 Å². The van der Waals surface area contributed by atoms with Crippen molar-refractivity contribution in [3.05, 3.63) is 64.2 Å². The van der Waals surface area contributed by atoms with Gasteiger partial charge in [-0.3, -0.25) is 4.79 Å². The van der Waals surface area contributed by atoms with Crippen molar-refractivity contribution in [3.63, 3.8) is 0 Å². The molecule has 1 amide bonds. The Morgan fingerprint density at radius 1 is 1.17 bits per heavy atom. The molecule has 0 fully saturated rings. The van der Waals surface area contributed by atoms with Gasteiger partial charge in [-0.15, -0.1) is 11.3 Å². The van der Waals surface area contributed by atoms with Gasteiger partial charge in [-0.1, -0.05) is 43.7 Å². The van der Waals surface area contributed by atoms with Gasteiger partial charge in [0, 0.05) is 11.4 Å². The first-order valence-corrected chi connectivity index (χ1v) is 8.96. The lowest BCUT2D eigenvalue weighted by Gasteiger charge is -2.08. The van der Waals surface area contributed by atoms with Gasteiger partial charge in [0.05, 0.1) is 12.0 Å². The third kappa shape index (κ3) is 3.26. The molecule has 0 spiro atoms. The summed E-state index contributed by atoms with van der Waals surface area (Å²) >= 11 is 1.59. The highest BCUT2D eigenvalue weighted by atomic mass is 32.1. The number of carbonyl (C=O) groups is 1. The Morgan fingerprint density at radius 2 is 1.96 bits per heavy atom. The van der Waals surface area contributed by atoms with Crippen LogP contribution in [-0.2, 0) is 13.0 Å². The smallest absolute Gasteiger partial charge is 0.315 e. The van der Waals surface area contributed by atoms with Crippen molar-refractivity contribution in [1.29, 1.82) is 0 Å². The summed E-state index contributed by atoms with van der Waals surface area (Å²) in [5.41, 5.74) is 2.32. The molecule has 3 aromatic rings. The van der Waals surface area contributed by atoms with Crippen LogP contribution in [0.2, 0.25) is 0 Å². The van der Waals surface area contributed by atoms with Crippen LogP contribution in [0.15, 0.2) is 58.1 Å². The van der Waals surface area contributed by atoms with Gasteiger partial charge in [0.2, 0.25) is 0 Å². The van der Waals surface area contributed by atoms with Gasteiger partial charge in [-0.05, 0) is 31.0 Å². The molecule has 0 saturated heterocycles. The first kappa shape index (κ1) is 16.5. The summed E-state index contributed by atoms with van der Waals surface area (Å²) in [6.45, 7) is 5.00. The predicted molar refractivity (Wildman–Crippen MR) is 96.0 cm³/mol. The SMILES string of the molecule is CCCc1sc(=NC(=O)c2ccco2)n(CC)c1-c1ccccc1. The monoisotopic (exact) mass is 340 g/mol. The van der Waals surface area contributed by atoms with Gasteiger partial charge in [0.25, 0.3) is 0 Å². The molecular weight excluding hydrogens is 320 g/mol. The van der Waals surface area contributed by atoms with E-state index in [0.717, 1.165) is 35.4 Å². The van der Waals surface area contributed by atoms with Crippen LogP contribution >= 0.6 is 11.3 Å². The minimum Gasteiger partial charge on any atom is -0.459 e. The zero-order chi connectivity index (χ0) is 16.9. The molecule has 2 heterocycles. The number of hydrogen-bond donors (Lipinski definition) is 0. The van der Waals surface area contributed by atoms with E-state index in [1.807, 2.05) is 18.2 Å². The molecule has 0 aliphatic carbocycles. The van der Waals surface area contributed by atoms with E-state index in [9.17, 15) is 4.79 Å². The summed E-state index contributed by atoms with van der Waals surface area (Å²) < 4.78 is 7.28. The Hall–Kier alpha value is -2.40. The van der Waals surface area contributed by atoms with Crippen LogP contribution in [0.25, 0.3) is 11.3 Å². The van der Waals surface area contributed by atoms with Crippen LogP contribution < -0.4 is 4.80 Å². The fourth-order valence-corrected chi connectivity index (χ4v) is 4.00. The Balaban J connectivity index is 2.16. The molecule has 0 bridgehead atoms. The maximum atomic E-state index is 12.3. The number of thiazole rings is 1. The van der Waals surface area contributed by atoms with Crippen molar-refractivity contribution >= 4 is 17.2 Å². The highest BCUT2D eigenvalue weighted by Gasteiger charge is 2.15. The van der Waals surface area contributed by atoms with Gasteiger partial charge >= 0.3 is 5.91 Å². The second-order valence-corrected chi connectivity index (χ2v) is 6.47. The lowest BCUT2D eigenvalue weighted by Crippen LogP contribution is -2.17. The van der Waals surface area contributed by atoms with E-state index >= 15 is 0 Å². The second kappa shape index (κ2) is 7.45. The summed E-state index contributed by atoms with van der Waals surface area (Å²) in [4.78, 5) is 18.6. The average Bonchev–Trinajstić information content (AvgIpc) is 3.24. The highest BCUT2D eigenvalue weighted by Crippen LogP contribution is 2.27. The van der Waals surface area contributed by atoms with E-state index in [-0.39, 0.29) is 11.7 Å². The van der Waals surface area contributed by atoms with E-state index in [4.69, 9.17) is 4.42 Å². The molecule has 2 aromatic heterocycles. The number of rotatable bonds is 5. The van der Waals surface area contributed by atoms with Crippen LogP contribution in [0, 0.1) is 0 Å². The number of nitrogens with zero attached hydrogens (tertiary/aromatic N) is 2. The number of furan rings is 1. The molecule has 3 rings (SSSR count). The van der Waals surface area contributed by atoms with Crippen molar-refractivity contribution in [3.8, 4) is 11.3 Å². The molecule has 5 heteroatoms. The largest absolute Gasteiger partial charge is 0.459 e. The standard InChI is InChI=1S/C19H20N2O2S/c1-3-9-16-17(14-10-6-5-7-11-14)21(4-2)19(24-16)20-18(22)15-12-8-13-23-15/h5-8,10-13H,3-4,9H2,1-2H3. The van der Waals surface area contributed by atoms with Gasteiger partial charge in [0.15, 0.2) is 10.6 Å². The molecule has 0 unspecified atom stereocenters. The molecular formula is C19H20N2O2S. The minimum atomic E-state index is -0.342. The van der Waals surface area contributed by atoms with E-state index in [2.05, 4.69) is 35.5 Å². The third-order valence-corrected chi connectivity index (χ3v) is 4.89. The Bertz CT molecular complexity index is 874. The molecule has 124 valence electrons. The summed E-state index contributed by atoms with van der Waals surface area (Å²) in [7, 11) is 0. The van der Waals surface area contributed by atoms with Crippen LogP contribution in [-0.4, -0.2) is 10.5 Å². The van der Waals surface area contributed by atoms with Crippen LogP contribution in [0.4, 0.5) is 0 Å². The van der Waals surface area contributed by atoms with Gasteiger partial charge < -0.3 is 8.98 Å². The molecule has 1 aromatic carbocycles. The minimum absolute atomic E-state index is 0.268. The fraction of sp³-hybridized carbons (Fsp3) is 0.263. The van der Waals surface area contributed by atoms with Crippen molar-refractivity contribution < 1.29 is 9.21 Å². The molecule has 24 heavy (non-hydrogen) atoms. The lowest BCUT2D eigenvalue weighted by molar-refractivity contribution is 0.0971. The van der Waals surface area contributed by atoms with Crippen molar-refractivity contribution in [1.82, 2.24) is 4.57 Å². The zero-order valence-corrected chi connectivity index (χ0v) is 14.7. The molecule has 0 atom stereocenters. The molecule has 0 aliphatic heterocycles. The molecule has 4 nitrogen and oxygen atoms in total. The Labute approximate surface area is 145 Å². The number of carbonyl (C=O) groups excluding carboxylic acids is 1. The first-order chi connectivity index (χ1) is 11.7. The van der Waals surface area contributed by atoms with Crippen LogP contribution in [0.1, 0.15) is 35.7 Å². The normalized spacial score (nSPS) is 11.8. The summed E-state index contributed by atoms with van der Waals surface area (Å²) in [5.74, 6) is -0.0736. The topological polar surface area (TPSA) is 47.5 Å². The van der Waals surface area contributed by atoms with E-state index < -0.39 is 0 Å². The number of aryl methyl sites for hydroxylation is 1. The highest BCUT2D eigenvalue weighted by molar-refractivity contribution is 7.09. The molecule has 0 aliphatic rings. The van der Waals surface area contributed by atoms with Gasteiger partial charge in [-0.2, -0.15) is 4.99 Å². The molecule has 0 N–H and O–H groups in total. The number of benzene rings is 1. The first-order valence-electron chi connectivity index (χ1n) is 8.15. The van der Waals surface area contributed by atoms with E-state index in [1.165, 1.54) is 11.1 Å². The lowest BCUT2D eigenvalue weighted by atomic mass is 10.1. The van der Waals surface area contributed by atoms with E-state index in [0.29, 0.717) is 0 Å². The van der Waals surface area contributed by atoms with Crippen LogP contribution in [0.5, 0.6) is 0 Å². The molecule has 0 radical (unpaired) electrons. The number of hydrogen-bond acceptors (Lipinski definition) is 3. The quantitative estimate of drug-likeness (QED) is 0.685.